The van der Waals surface area contributed by atoms with E-state index >= 15 is 0 Å². The van der Waals surface area contributed by atoms with Gasteiger partial charge in [-0.05, 0) is 68.3 Å². The summed E-state index contributed by atoms with van der Waals surface area (Å²) in [7, 11) is 6.06. The molecular formula is C31H50N2O2. The van der Waals surface area contributed by atoms with Crippen LogP contribution in [0, 0.1) is 0 Å². The molecule has 0 unspecified atom stereocenters. The fourth-order valence-corrected chi connectivity index (χ4v) is 4.89. The number of phenolic OH excluding ortho intramolecular Hbond substituents is 1. The van der Waals surface area contributed by atoms with Gasteiger partial charge >= 0.3 is 0 Å². The lowest BCUT2D eigenvalue weighted by Gasteiger charge is -2.35. The molecule has 0 aliphatic rings. The third-order valence-corrected chi connectivity index (χ3v) is 7.62. The molecule has 4 heteroatoms. The predicted octanol–water partition coefficient (Wildman–Crippen LogP) is 6.74. The molecule has 0 aliphatic heterocycles. The molecule has 0 spiro atoms. The minimum Gasteiger partial charge on any atom is -0.507 e. The number of methoxy groups -OCH3 is 1. The van der Waals surface area contributed by atoms with E-state index in [2.05, 4.69) is 103 Å². The molecule has 0 aliphatic carbocycles. The van der Waals surface area contributed by atoms with Crippen LogP contribution in [-0.2, 0) is 28.7 Å². The van der Waals surface area contributed by atoms with Gasteiger partial charge in [0.2, 0.25) is 0 Å². The van der Waals surface area contributed by atoms with Gasteiger partial charge in [0.1, 0.15) is 5.75 Å². The Labute approximate surface area is 215 Å². The van der Waals surface area contributed by atoms with Gasteiger partial charge in [-0.3, -0.25) is 0 Å². The number of aromatic hydroxyl groups is 1. The Bertz CT molecular complexity index is 949. The van der Waals surface area contributed by atoms with E-state index in [1.165, 1.54) is 11.1 Å². The van der Waals surface area contributed by atoms with Crippen molar-refractivity contribution in [1.82, 2.24) is 9.80 Å². The second-order valence-electron chi connectivity index (χ2n) is 12.3. The monoisotopic (exact) mass is 482 g/mol. The minimum absolute atomic E-state index is 0.195. The normalized spacial score (nSPS) is 13.1. The van der Waals surface area contributed by atoms with E-state index in [0.717, 1.165) is 50.1 Å². The van der Waals surface area contributed by atoms with Crippen molar-refractivity contribution in [3.05, 3.63) is 64.7 Å². The molecule has 1 N–H and O–H groups in total. The molecule has 0 radical (unpaired) electrons. The Morgan fingerprint density at radius 3 is 2.03 bits per heavy atom. The van der Waals surface area contributed by atoms with Gasteiger partial charge in [-0.2, -0.15) is 0 Å². The number of hydrogen-bond acceptors (Lipinski definition) is 4. The Morgan fingerprint density at radius 1 is 0.829 bits per heavy atom. The molecule has 0 saturated heterocycles. The van der Waals surface area contributed by atoms with E-state index < -0.39 is 0 Å². The first-order valence-corrected chi connectivity index (χ1v) is 13.0. The van der Waals surface area contributed by atoms with Gasteiger partial charge in [0, 0.05) is 38.9 Å². The van der Waals surface area contributed by atoms with Crippen LogP contribution in [0.25, 0.3) is 0 Å². The Balaban J connectivity index is 1.99. The van der Waals surface area contributed by atoms with Crippen LogP contribution in [0.5, 0.6) is 5.75 Å². The van der Waals surface area contributed by atoms with E-state index in [0.29, 0.717) is 5.75 Å². The van der Waals surface area contributed by atoms with Crippen molar-refractivity contribution in [1.29, 1.82) is 0 Å². The molecule has 2 aromatic carbocycles. The first kappa shape index (κ1) is 29.4. The summed E-state index contributed by atoms with van der Waals surface area (Å²) in [6, 6.07) is 15.2. The van der Waals surface area contributed by atoms with Crippen LogP contribution >= 0.6 is 0 Å². The van der Waals surface area contributed by atoms with E-state index in [9.17, 15) is 5.11 Å². The Kier molecular flexibility index (Phi) is 9.98. The highest BCUT2D eigenvalue weighted by Crippen LogP contribution is 2.39. The SMILES string of the molecule is CCC(C)(C)c1cccc(CN(C)CCN(C)Cc2cccc(C(C)(C)CC(C)(C)OC)c2O)c1. The maximum absolute atomic E-state index is 11.1. The number of para-hydroxylation sites is 1. The minimum atomic E-state index is -0.251. The predicted molar refractivity (Wildman–Crippen MR) is 149 cm³/mol. The summed E-state index contributed by atoms with van der Waals surface area (Å²) in [6.45, 7) is 19.0. The maximum atomic E-state index is 11.1. The fraction of sp³-hybridized carbons (Fsp3) is 0.613. The highest BCUT2D eigenvalue weighted by atomic mass is 16.5. The summed E-state index contributed by atoms with van der Waals surface area (Å²) in [5.41, 5.74) is 4.50. The molecule has 0 aromatic heterocycles. The fourth-order valence-electron chi connectivity index (χ4n) is 4.89. The lowest BCUT2D eigenvalue weighted by atomic mass is 9.75. The van der Waals surface area contributed by atoms with Crippen LogP contribution in [0.4, 0.5) is 0 Å². The molecule has 0 fully saturated rings. The standard InChI is InChI=1S/C31H50N2O2/c1-11-29(2,3)26-16-12-14-24(20-26)21-32(8)18-19-33(9)22-25-15-13-17-27(28(25)34)30(4,5)23-31(6,7)35-10/h12-17,20,34H,11,18-19,21-23H2,1-10H3. The first-order chi connectivity index (χ1) is 16.2. The molecule has 196 valence electrons. The summed E-state index contributed by atoms with van der Waals surface area (Å²) in [5, 5.41) is 11.1. The topological polar surface area (TPSA) is 35.9 Å². The molecule has 0 atom stereocenters. The smallest absolute Gasteiger partial charge is 0.123 e. The molecule has 2 rings (SSSR count). The van der Waals surface area contributed by atoms with Crippen molar-refractivity contribution < 1.29 is 9.84 Å². The summed E-state index contributed by atoms with van der Waals surface area (Å²) >= 11 is 0. The average Bonchev–Trinajstić information content (AvgIpc) is 2.78. The van der Waals surface area contributed by atoms with Crippen molar-refractivity contribution in [2.45, 2.75) is 90.8 Å². The Hall–Kier alpha value is -1.88. The summed E-state index contributed by atoms with van der Waals surface area (Å²) in [5.74, 6) is 0.417. The third kappa shape index (κ3) is 8.34. The van der Waals surface area contributed by atoms with E-state index in [-0.39, 0.29) is 16.4 Å². The zero-order chi connectivity index (χ0) is 26.4. The second kappa shape index (κ2) is 11.9. The molecule has 2 aromatic rings. The quantitative estimate of drug-likeness (QED) is 0.343. The number of hydrogen-bond donors (Lipinski definition) is 1. The van der Waals surface area contributed by atoms with Crippen LogP contribution in [0.2, 0.25) is 0 Å². The Morgan fingerprint density at radius 2 is 1.43 bits per heavy atom. The van der Waals surface area contributed by atoms with Gasteiger partial charge in [-0.1, -0.05) is 77.1 Å². The highest BCUT2D eigenvalue weighted by Gasteiger charge is 2.32. The molecular weight excluding hydrogens is 432 g/mol. The number of benzene rings is 2. The molecule has 0 heterocycles. The van der Waals surface area contributed by atoms with Gasteiger partial charge in [0.05, 0.1) is 5.60 Å². The van der Waals surface area contributed by atoms with Crippen molar-refractivity contribution in [2.24, 2.45) is 0 Å². The van der Waals surface area contributed by atoms with Crippen molar-refractivity contribution in [2.75, 3.05) is 34.3 Å². The van der Waals surface area contributed by atoms with Crippen LogP contribution in [0.1, 0.15) is 83.6 Å². The maximum Gasteiger partial charge on any atom is 0.123 e. The lowest BCUT2D eigenvalue weighted by molar-refractivity contribution is -0.000120. The number of likely N-dealkylation sites (N-methyl/N-ethyl adjacent to an activating group) is 2. The molecule has 0 saturated carbocycles. The zero-order valence-electron chi connectivity index (χ0n) is 24.0. The average molecular weight is 483 g/mol. The van der Waals surface area contributed by atoms with Crippen LogP contribution in [0.15, 0.2) is 42.5 Å². The van der Waals surface area contributed by atoms with Gasteiger partial charge in [0.25, 0.3) is 0 Å². The van der Waals surface area contributed by atoms with E-state index in [4.69, 9.17) is 4.74 Å². The van der Waals surface area contributed by atoms with E-state index in [1.54, 1.807) is 7.11 Å². The van der Waals surface area contributed by atoms with Crippen molar-refractivity contribution in [3.8, 4) is 5.75 Å². The van der Waals surface area contributed by atoms with Crippen LogP contribution < -0.4 is 0 Å². The molecule has 4 nitrogen and oxygen atoms in total. The van der Waals surface area contributed by atoms with Crippen molar-refractivity contribution >= 4 is 0 Å². The summed E-state index contributed by atoms with van der Waals surface area (Å²) < 4.78 is 5.66. The third-order valence-electron chi connectivity index (χ3n) is 7.62. The molecule has 35 heavy (non-hydrogen) atoms. The van der Waals surface area contributed by atoms with Gasteiger partial charge in [-0.25, -0.2) is 0 Å². The highest BCUT2D eigenvalue weighted by molar-refractivity contribution is 5.44. The summed E-state index contributed by atoms with van der Waals surface area (Å²) in [4.78, 5) is 4.67. The lowest BCUT2D eigenvalue weighted by Crippen LogP contribution is -2.33. The van der Waals surface area contributed by atoms with Crippen LogP contribution in [-0.4, -0.2) is 54.8 Å². The zero-order valence-corrected chi connectivity index (χ0v) is 24.0. The first-order valence-electron chi connectivity index (χ1n) is 13.0. The van der Waals surface area contributed by atoms with Crippen LogP contribution in [0.3, 0.4) is 0 Å². The summed E-state index contributed by atoms with van der Waals surface area (Å²) in [6.07, 6.45) is 1.96. The van der Waals surface area contributed by atoms with E-state index in [1.807, 2.05) is 12.1 Å². The molecule has 0 amide bonds. The number of ether oxygens (including phenoxy) is 1. The number of rotatable bonds is 13. The number of phenols is 1. The second-order valence-corrected chi connectivity index (χ2v) is 12.3. The van der Waals surface area contributed by atoms with Gasteiger partial charge in [0.15, 0.2) is 0 Å². The number of nitrogens with zero attached hydrogens (tertiary/aromatic N) is 2. The largest absolute Gasteiger partial charge is 0.507 e. The van der Waals surface area contributed by atoms with Gasteiger partial charge < -0.3 is 19.6 Å². The van der Waals surface area contributed by atoms with Crippen molar-refractivity contribution in [3.63, 3.8) is 0 Å². The molecule has 0 bridgehead atoms. The van der Waals surface area contributed by atoms with Gasteiger partial charge in [-0.15, -0.1) is 0 Å².